The summed E-state index contributed by atoms with van der Waals surface area (Å²) in [4.78, 5) is 0. The van der Waals surface area contributed by atoms with E-state index in [4.69, 9.17) is 0 Å². The molecule has 0 N–H and O–H groups in total. The summed E-state index contributed by atoms with van der Waals surface area (Å²) in [5, 5.41) is 0. The van der Waals surface area contributed by atoms with Gasteiger partial charge in [0, 0.05) is 0 Å². The quantitative estimate of drug-likeness (QED) is 0.305. The van der Waals surface area contributed by atoms with Crippen molar-refractivity contribution in [2.45, 2.75) is 24.8 Å². The van der Waals surface area contributed by atoms with Gasteiger partial charge in [-0.25, -0.2) is 0 Å². The molecule has 0 unspecified atom stereocenters. The summed E-state index contributed by atoms with van der Waals surface area (Å²) in [6, 6.07) is 0. The van der Waals surface area contributed by atoms with Crippen molar-refractivity contribution in [3.63, 3.8) is 0 Å². The van der Waals surface area contributed by atoms with Crippen LogP contribution < -0.4 is 0 Å². The van der Waals surface area contributed by atoms with Gasteiger partial charge in [0.05, 0.1) is 6.61 Å². The molecular formula is C7H11F3O3S. The van der Waals surface area contributed by atoms with Crippen LogP contribution in [0.4, 0.5) is 13.2 Å². The fourth-order valence-corrected chi connectivity index (χ4v) is 1.10. The van der Waals surface area contributed by atoms with Crippen LogP contribution in [0.2, 0.25) is 0 Å². The number of rotatable bonds is 6. The number of unbranched alkanes of at least 4 members (excludes halogenated alkanes) is 2. The van der Waals surface area contributed by atoms with E-state index in [1.807, 2.05) is 0 Å². The molecule has 0 amide bonds. The van der Waals surface area contributed by atoms with Crippen LogP contribution in [-0.2, 0) is 14.3 Å². The second kappa shape index (κ2) is 5.35. The zero-order valence-corrected chi connectivity index (χ0v) is 8.20. The minimum atomic E-state index is -5.41. The zero-order chi connectivity index (χ0) is 11.2. The first-order valence-corrected chi connectivity index (χ1v) is 5.28. The first kappa shape index (κ1) is 13.4. The summed E-state index contributed by atoms with van der Waals surface area (Å²) in [6.07, 6.45) is 3.02. The number of hydrogen-bond donors (Lipinski definition) is 0. The Bertz CT molecular complexity index is 268. The highest BCUT2D eigenvalue weighted by Gasteiger charge is 2.47. The Hall–Kier alpha value is -0.560. The highest BCUT2D eigenvalue weighted by atomic mass is 32.2. The first-order chi connectivity index (χ1) is 6.31. The predicted octanol–water partition coefficient (Wildman–Crippen LogP) is 2.21. The maximum atomic E-state index is 11.7. The largest absolute Gasteiger partial charge is 0.523 e. The minimum absolute atomic E-state index is 0.251. The summed E-state index contributed by atoms with van der Waals surface area (Å²) in [5.41, 5.74) is -5.33. The summed E-state index contributed by atoms with van der Waals surface area (Å²) >= 11 is 0. The Kier molecular flexibility index (Phi) is 5.14. The van der Waals surface area contributed by atoms with E-state index in [9.17, 15) is 21.6 Å². The lowest BCUT2D eigenvalue weighted by molar-refractivity contribution is -0.0542. The van der Waals surface area contributed by atoms with Crippen molar-refractivity contribution in [3.8, 4) is 0 Å². The molecule has 0 fully saturated rings. The Morgan fingerprint density at radius 1 is 1.29 bits per heavy atom. The smallest absolute Gasteiger partial charge is 0.263 e. The van der Waals surface area contributed by atoms with Gasteiger partial charge < -0.3 is 0 Å². The van der Waals surface area contributed by atoms with Gasteiger partial charge in [0.15, 0.2) is 0 Å². The van der Waals surface area contributed by atoms with E-state index >= 15 is 0 Å². The lowest BCUT2D eigenvalue weighted by atomic mass is 10.2. The fraction of sp³-hybridized carbons (Fsp3) is 0.714. The van der Waals surface area contributed by atoms with Gasteiger partial charge in [-0.05, 0) is 19.3 Å². The number of allylic oxidation sites excluding steroid dienone is 1. The van der Waals surface area contributed by atoms with Gasteiger partial charge in [-0.1, -0.05) is 6.08 Å². The molecule has 0 saturated carbocycles. The van der Waals surface area contributed by atoms with Crippen LogP contribution in [0.15, 0.2) is 12.7 Å². The zero-order valence-electron chi connectivity index (χ0n) is 7.38. The lowest BCUT2D eigenvalue weighted by Crippen LogP contribution is -2.25. The van der Waals surface area contributed by atoms with Crippen molar-refractivity contribution in [3.05, 3.63) is 12.7 Å². The molecule has 0 bridgehead atoms. The van der Waals surface area contributed by atoms with Gasteiger partial charge >= 0.3 is 15.6 Å². The number of halogens is 3. The van der Waals surface area contributed by atoms with Crippen LogP contribution >= 0.6 is 0 Å². The minimum Gasteiger partial charge on any atom is -0.263 e. The van der Waals surface area contributed by atoms with Gasteiger partial charge in [0.25, 0.3) is 0 Å². The van der Waals surface area contributed by atoms with Gasteiger partial charge in [-0.3, -0.25) is 4.18 Å². The average molecular weight is 232 g/mol. The van der Waals surface area contributed by atoms with E-state index in [1.165, 1.54) is 0 Å². The van der Waals surface area contributed by atoms with Crippen molar-refractivity contribution in [2.24, 2.45) is 0 Å². The van der Waals surface area contributed by atoms with E-state index < -0.39 is 22.2 Å². The predicted molar refractivity (Wildman–Crippen MR) is 45.0 cm³/mol. The van der Waals surface area contributed by atoms with Crippen LogP contribution in [0.25, 0.3) is 0 Å². The molecule has 0 aromatic heterocycles. The summed E-state index contributed by atoms with van der Waals surface area (Å²) in [7, 11) is -5.41. The molecule has 0 spiro atoms. The molecule has 0 saturated heterocycles. The van der Waals surface area contributed by atoms with Crippen LogP contribution in [0.5, 0.6) is 0 Å². The molecule has 0 aliphatic heterocycles. The van der Waals surface area contributed by atoms with E-state index in [2.05, 4.69) is 10.8 Å². The Labute approximate surface area is 80.7 Å². The van der Waals surface area contributed by atoms with E-state index in [0.29, 0.717) is 12.8 Å². The molecule has 0 rings (SSSR count). The molecule has 84 valence electrons. The first-order valence-electron chi connectivity index (χ1n) is 3.88. The molecule has 0 atom stereocenters. The third-order valence-electron chi connectivity index (χ3n) is 1.32. The number of hydrogen-bond acceptors (Lipinski definition) is 3. The molecule has 0 aliphatic rings. The van der Waals surface area contributed by atoms with Crippen LogP contribution in [-0.4, -0.2) is 20.5 Å². The van der Waals surface area contributed by atoms with E-state index in [0.717, 1.165) is 0 Å². The lowest BCUT2D eigenvalue weighted by Gasteiger charge is -2.07. The van der Waals surface area contributed by atoms with Crippen molar-refractivity contribution in [1.29, 1.82) is 0 Å². The molecule has 14 heavy (non-hydrogen) atoms. The number of alkyl halides is 3. The molecule has 0 aliphatic carbocycles. The normalized spacial score (nSPS) is 12.8. The maximum Gasteiger partial charge on any atom is 0.523 e. The van der Waals surface area contributed by atoms with Crippen LogP contribution in [0, 0.1) is 0 Å². The van der Waals surface area contributed by atoms with Crippen LogP contribution in [0.1, 0.15) is 19.3 Å². The van der Waals surface area contributed by atoms with Gasteiger partial charge in [0.2, 0.25) is 0 Å². The summed E-state index contributed by atoms with van der Waals surface area (Å²) in [6.45, 7) is 2.96. The molecule has 7 heteroatoms. The van der Waals surface area contributed by atoms with Crippen molar-refractivity contribution >= 4 is 10.1 Å². The second-order valence-electron chi connectivity index (χ2n) is 2.51. The Morgan fingerprint density at radius 3 is 2.29 bits per heavy atom. The third-order valence-corrected chi connectivity index (χ3v) is 2.37. The molecular weight excluding hydrogens is 221 g/mol. The fourth-order valence-electron chi connectivity index (χ4n) is 0.626. The average Bonchev–Trinajstić information content (AvgIpc) is 2.02. The van der Waals surface area contributed by atoms with Crippen LogP contribution in [0.3, 0.4) is 0 Å². The molecule has 0 aromatic carbocycles. The molecule has 0 radical (unpaired) electrons. The van der Waals surface area contributed by atoms with Gasteiger partial charge in [-0.2, -0.15) is 21.6 Å². The topological polar surface area (TPSA) is 43.4 Å². The summed E-state index contributed by atoms with van der Waals surface area (Å²) in [5.74, 6) is 0. The Balaban J connectivity index is 3.85. The Morgan fingerprint density at radius 2 is 1.86 bits per heavy atom. The SMILES string of the molecule is C=CCCCCOS(=O)(=O)C(F)(F)F. The third kappa shape index (κ3) is 4.61. The standard InChI is InChI=1S/C7H11F3O3S/c1-2-3-4-5-6-13-14(11,12)7(8,9)10/h2H,1,3-6H2. The monoisotopic (exact) mass is 232 g/mol. The van der Waals surface area contributed by atoms with Gasteiger partial charge in [0.1, 0.15) is 0 Å². The van der Waals surface area contributed by atoms with E-state index in [1.54, 1.807) is 6.08 Å². The highest BCUT2D eigenvalue weighted by molar-refractivity contribution is 7.87. The molecule has 0 aromatic rings. The second-order valence-corrected chi connectivity index (χ2v) is 4.11. The maximum absolute atomic E-state index is 11.7. The van der Waals surface area contributed by atoms with Crippen molar-refractivity contribution < 1.29 is 25.8 Å². The molecule has 0 heterocycles. The molecule has 3 nitrogen and oxygen atoms in total. The highest BCUT2D eigenvalue weighted by Crippen LogP contribution is 2.24. The van der Waals surface area contributed by atoms with E-state index in [-0.39, 0.29) is 6.42 Å². The summed E-state index contributed by atoms with van der Waals surface area (Å²) < 4.78 is 59.4. The van der Waals surface area contributed by atoms with Crippen molar-refractivity contribution in [2.75, 3.05) is 6.61 Å². The van der Waals surface area contributed by atoms with Gasteiger partial charge in [-0.15, -0.1) is 6.58 Å². The van der Waals surface area contributed by atoms with Crippen molar-refractivity contribution in [1.82, 2.24) is 0 Å².